The number of pyridine rings is 1. The van der Waals surface area contributed by atoms with E-state index in [2.05, 4.69) is 14.7 Å². The molecule has 160 valence electrons. The smallest absolute Gasteiger partial charge is 0.340 e. The van der Waals surface area contributed by atoms with Gasteiger partial charge < -0.3 is 14.7 Å². The van der Waals surface area contributed by atoms with Crippen LogP contribution in [0.2, 0.25) is 0 Å². The monoisotopic (exact) mass is 443 g/mol. The predicted molar refractivity (Wildman–Crippen MR) is 114 cm³/mol. The zero-order valence-electron chi connectivity index (χ0n) is 16.6. The van der Waals surface area contributed by atoms with Crippen molar-refractivity contribution < 1.29 is 22.3 Å². The van der Waals surface area contributed by atoms with Crippen LogP contribution in [0.25, 0.3) is 21.8 Å². The van der Waals surface area contributed by atoms with E-state index in [1.54, 1.807) is 6.92 Å². The molecular formula is C21H18FN3O5S. The largest absolute Gasteiger partial charge is 0.462 e. The Kier molecular flexibility index (Phi) is 5.02. The van der Waals surface area contributed by atoms with E-state index in [0.29, 0.717) is 10.9 Å². The minimum absolute atomic E-state index is 0.112. The van der Waals surface area contributed by atoms with Crippen LogP contribution in [0.5, 0.6) is 0 Å². The lowest BCUT2D eigenvalue weighted by Gasteiger charge is -2.12. The number of H-pyrrole nitrogens is 2. The molecule has 0 saturated carbocycles. The molecule has 0 radical (unpaired) electrons. The van der Waals surface area contributed by atoms with Crippen molar-refractivity contribution in [3.05, 3.63) is 69.9 Å². The SMILES string of the molecule is CCOC(=O)c1c[nH]c2c(=O)[nH]c3ccc(S(=O)(=O)Nc4cccc(F)c4C)cc3c12. The molecule has 0 aliphatic carbocycles. The lowest BCUT2D eigenvalue weighted by molar-refractivity contribution is 0.0529. The van der Waals surface area contributed by atoms with Gasteiger partial charge in [-0.2, -0.15) is 0 Å². The number of hydrogen-bond acceptors (Lipinski definition) is 5. The second-order valence-electron chi connectivity index (χ2n) is 6.85. The molecule has 0 bridgehead atoms. The maximum absolute atomic E-state index is 13.8. The van der Waals surface area contributed by atoms with E-state index in [0.717, 1.165) is 0 Å². The van der Waals surface area contributed by atoms with Crippen LogP contribution in [0.3, 0.4) is 0 Å². The Hall–Kier alpha value is -3.66. The first-order valence-electron chi connectivity index (χ1n) is 9.35. The first kappa shape index (κ1) is 20.6. The molecule has 0 amide bonds. The van der Waals surface area contributed by atoms with Crippen LogP contribution in [0.15, 0.2) is 52.3 Å². The van der Waals surface area contributed by atoms with E-state index in [1.807, 2.05) is 0 Å². The average Bonchev–Trinajstić information content (AvgIpc) is 3.18. The molecule has 0 fully saturated rings. The summed E-state index contributed by atoms with van der Waals surface area (Å²) in [6.07, 6.45) is 1.35. The Bertz CT molecular complexity index is 1510. The molecule has 4 rings (SSSR count). The van der Waals surface area contributed by atoms with Gasteiger partial charge in [-0.25, -0.2) is 17.6 Å². The number of halogens is 1. The van der Waals surface area contributed by atoms with E-state index in [4.69, 9.17) is 4.74 Å². The van der Waals surface area contributed by atoms with E-state index in [1.165, 1.54) is 49.5 Å². The molecule has 10 heteroatoms. The van der Waals surface area contributed by atoms with Crippen molar-refractivity contribution in [1.29, 1.82) is 0 Å². The van der Waals surface area contributed by atoms with Gasteiger partial charge >= 0.3 is 5.97 Å². The van der Waals surface area contributed by atoms with E-state index < -0.39 is 27.4 Å². The maximum Gasteiger partial charge on any atom is 0.340 e. The highest BCUT2D eigenvalue weighted by Crippen LogP contribution is 2.29. The molecule has 2 aromatic heterocycles. The fraction of sp³-hybridized carbons (Fsp3) is 0.143. The molecule has 8 nitrogen and oxygen atoms in total. The lowest BCUT2D eigenvalue weighted by atomic mass is 10.1. The van der Waals surface area contributed by atoms with Gasteiger partial charge in [0.25, 0.3) is 15.6 Å². The number of aromatic nitrogens is 2. The Balaban J connectivity index is 1.90. The number of benzene rings is 2. The summed E-state index contributed by atoms with van der Waals surface area (Å²) in [7, 11) is -4.08. The summed E-state index contributed by atoms with van der Waals surface area (Å²) in [5.41, 5.74) is 0.413. The number of aromatic amines is 2. The van der Waals surface area contributed by atoms with Crippen LogP contribution in [0, 0.1) is 12.7 Å². The van der Waals surface area contributed by atoms with Crippen molar-refractivity contribution in [2.75, 3.05) is 11.3 Å². The van der Waals surface area contributed by atoms with Crippen LogP contribution < -0.4 is 10.3 Å². The van der Waals surface area contributed by atoms with Crippen molar-refractivity contribution in [1.82, 2.24) is 9.97 Å². The molecule has 0 aliphatic rings. The topological polar surface area (TPSA) is 121 Å². The number of fused-ring (bicyclic) bond motifs is 3. The molecule has 4 aromatic rings. The summed E-state index contributed by atoms with van der Waals surface area (Å²) in [6, 6.07) is 8.20. The predicted octanol–water partition coefficient (Wildman–Crippen LogP) is 3.43. The molecule has 3 N–H and O–H groups in total. The van der Waals surface area contributed by atoms with Gasteiger partial charge in [0.05, 0.1) is 22.8 Å². The minimum atomic E-state index is -4.08. The molecule has 0 saturated heterocycles. The number of hydrogen-bond donors (Lipinski definition) is 3. The summed E-state index contributed by atoms with van der Waals surface area (Å²) in [4.78, 5) is 30.0. The number of sulfonamides is 1. The van der Waals surface area contributed by atoms with Gasteiger partial charge in [-0.15, -0.1) is 0 Å². The fourth-order valence-corrected chi connectivity index (χ4v) is 4.51. The third-order valence-corrected chi connectivity index (χ3v) is 6.30. The molecule has 0 spiro atoms. The molecule has 0 atom stereocenters. The van der Waals surface area contributed by atoms with Gasteiger partial charge in [0.15, 0.2) is 0 Å². The van der Waals surface area contributed by atoms with Crippen molar-refractivity contribution >= 4 is 43.5 Å². The Labute approximate surface area is 176 Å². The molecule has 31 heavy (non-hydrogen) atoms. The lowest BCUT2D eigenvalue weighted by Crippen LogP contribution is -2.14. The maximum atomic E-state index is 13.8. The zero-order chi connectivity index (χ0) is 22.3. The normalized spacial score (nSPS) is 11.7. The highest BCUT2D eigenvalue weighted by molar-refractivity contribution is 7.92. The third-order valence-electron chi connectivity index (χ3n) is 4.93. The third kappa shape index (κ3) is 3.55. The number of anilines is 1. The van der Waals surface area contributed by atoms with Gasteiger partial charge in [-0.3, -0.25) is 9.52 Å². The van der Waals surface area contributed by atoms with E-state index >= 15 is 0 Å². The summed E-state index contributed by atoms with van der Waals surface area (Å²) < 4.78 is 47.2. The quantitative estimate of drug-likeness (QED) is 0.408. The van der Waals surface area contributed by atoms with Gasteiger partial charge in [0.2, 0.25) is 0 Å². The van der Waals surface area contributed by atoms with Crippen LogP contribution in [0.1, 0.15) is 22.8 Å². The molecular weight excluding hydrogens is 425 g/mol. The summed E-state index contributed by atoms with van der Waals surface area (Å²) in [6.45, 7) is 3.26. The van der Waals surface area contributed by atoms with E-state index in [9.17, 15) is 22.4 Å². The van der Waals surface area contributed by atoms with Crippen molar-refractivity contribution in [2.45, 2.75) is 18.7 Å². The first-order chi connectivity index (χ1) is 14.7. The number of carbonyl (C=O) groups excluding carboxylic acids is 1. The van der Waals surface area contributed by atoms with Crippen LogP contribution in [-0.4, -0.2) is 31.0 Å². The highest BCUT2D eigenvalue weighted by Gasteiger charge is 2.21. The zero-order valence-corrected chi connectivity index (χ0v) is 17.4. The number of carbonyl (C=O) groups is 1. The second kappa shape index (κ2) is 7.55. The Morgan fingerprint density at radius 1 is 1.23 bits per heavy atom. The summed E-state index contributed by atoms with van der Waals surface area (Å²) in [5, 5.41) is 0.605. The van der Waals surface area contributed by atoms with Crippen LogP contribution in [0.4, 0.5) is 10.1 Å². The molecule has 0 aliphatic heterocycles. The van der Waals surface area contributed by atoms with Crippen LogP contribution >= 0.6 is 0 Å². The van der Waals surface area contributed by atoms with Crippen LogP contribution in [-0.2, 0) is 14.8 Å². The Morgan fingerprint density at radius 2 is 2.00 bits per heavy atom. The minimum Gasteiger partial charge on any atom is -0.462 e. The van der Waals surface area contributed by atoms with E-state index in [-0.39, 0.29) is 39.2 Å². The number of esters is 1. The van der Waals surface area contributed by atoms with Gasteiger partial charge in [-0.05, 0) is 44.2 Å². The highest BCUT2D eigenvalue weighted by atomic mass is 32.2. The summed E-state index contributed by atoms with van der Waals surface area (Å²) >= 11 is 0. The Morgan fingerprint density at radius 3 is 2.74 bits per heavy atom. The number of ether oxygens (including phenoxy) is 1. The van der Waals surface area contributed by atoms with Crippen molar-refractivity contribution in [3.8, 4) is 0 Å². The first-order valence-corrected chi connectivity index (χ1v) is 10.8. The number of rotatable bonds is 5. The molecule has 2 aromatic carbocycles. The fourth-order valence-electron chi connectivity index (χ4n) is 3.36. The number of nitrogens with one attached hydrogen (secondary N) is 3. The molecule has 0 unspecified atom stereocenters. The van der Waals surface area contributed by atoms with Crippen molar-refractivity contribution in [2.24, 2.45) is 0 Å². The van der Waals surface area contributed by atoms with Gasteiger partial charge in [-0.1, -0.05) is 6.07 Å². The standard InChI is InChI=1S/C21H18FN3O5S/c1-3-30-21(27)14-10-23-19-18(14)13-9-12(7-8-17(13)24-20(19)26)31(28,29)25-16-6-4-5-15(22)11(16)2/h4-10,23,25H,3H2,1-2H3,(H,24,26). The van der Waals surface area contributed by atoms with Gasteiger partial charge in [0.1, 0.15) is 11.3 Å². The summed E-state index contributed by atoms with van der Waals surface area (Å²) in [5.74, 6) is -1.17. The van der Waals surface area contributed by atoms with Gasteiger partial charge in [0, 0.05) is 28.0 Å². The average molecular weight is 443 g/mol. The molecule has 2 heterocycles. The van der Waals surface area contributed by atoms with Crippen molar-refractivity contribution in [3.63, 3.8) is 0 Å². The second-order valence-corrected chi connectivity index (χ2v) is 8.53.